The van der Waals surface area contributed by atoms with E-state index in [-0.39, 0.29) is 95.2 Å². The summed E-state index contributed by atoms with van der Waals surface area (Å²) in [5, 5.41) is 23.4. The van der Waals surface area contributed by atoms with Crippen molar-refractivity contribution in [1.29, 1.82) is 0 Å². The average molecular weight is 1030 g/mol. The quantitative estimate of drug-likeness (QED) is 0.0642. The number of aliphatic hydroxyl groups is 2. The molecule has 48 heavy (non-hydrogen) atoms. The van der Waals surface area contributed by atoms with Gasteiger partial charge in [-0.15, -0.1) is 0 Å². The molecular weight excluding hydrogens is 1010 g/mol. The summed E-state index contributed by atoms with van der Waals surface area (Å²) in [6, 6.07) is 0. The van der Waals surface area contributed by atoms with Crippen LogP contribution in [0.5, 0.6) is 0 Å². The van der Waals surface area contributed by atoms with Gasteiger partial charge < -0.3 is 15.3 Å². The summed E-state index contributed by atoms with van der Waals surface area (Å²) >= 11 is 0. The number of aliphatic carboxylic acids is 1. The van der Waals surface area contributed by atoms with Crippen LogP contribution in [0.25, 0.3) is 0 Å². The summed E-state index contributed by atoms with van der Waals surface area (Å²) in [6.07, 6.45) is -15.6. The van der Waals surface area contributed by atoms with Crippen LogP contribution >= 0.6 is 0 Å². The van der Waals surface area contributed by atoms with Crippen LogP contribution in [-0.2, 0) is 118 Å². The molecular formula is C14H13Cu2F15Ni3O12S2. The molecule has 34 heteroatoms. The van der Waals surface area contributed by atoms with Gasteiger partial charge in [0.05, 0.1) is 5.76 Å². The van der Waals surface area contributed by atoms with E-state index in [1.54, 1.807) is 0 Å². The van der Waals surface area contributed by atoms with Crippen molar-refractivity contribution in [2.24, 2.45) is 0 Å². The number of rotatable bonds is 2. The first-order valence-electron chi connectivity index (χ1n) is 8.46. The second-order valence-corrected chi connectivity index (χ2v) is 8.76. The largest absolute Gasteiger partial charge is 0.522 e. The molecule has 0 rings (SSSR count). The fourth-order valence-corrected chi connectivity index (χ4v) is 0.582. The maximum atomic E-state index is 11.4. The molecule has 0 aromatic rings. The molecule has 310 valence electrons. The Kier molecular flexibility index (Phi) is 42.2. The molecule has 0 bridgehead atoms. The first-order chi connectivity index (χ1) is 18.1. The van der Waals surface area contributed by atoms with E-state index in [2.05, 4.69) is 0 Å². The van der Waals surface area contributed by atoms with Crippen LogP contribution < -0.4 is 0 Å². The fraction of sp³-hybridized carbons (Fsp3) is 0.500. The molecule has 0 unspecified atom stereocenters. The Morgan fingerprint density at radius 2 is 0.729 bits per heavy atom. The van der Waals surface area contributed by atoms with Crippen LogP contribution in [0, 0.1) is 0 Å². The number of ketones is 2. The Morgan fingerprint density at radius 1 is 0.521 bits per heavy atom. The minimum Gasteiger partial charge on any atom is -0.512 e. The van der Waals surface area contributed by atoms with E-state index in [4.69, 9.17) is 46.1 Å². The minimum absolute atomic E-state index is 0. The van der Waals surface area contributed by atoms with Gasteiger partial charge in [-0.1, -0.05) is 0 Å². The van der Waals surface area contributed by atoms with Gasteiger partial charge in [0, 0.05) is 95.8 Å². The van der Waals surface area contributed by atoms with Crippen LogP contribution in [0.2, 0.25) is 0 Å². The average Bonchev–Trinajstić information content (AvgIpc) is 2.63. The number of hydrogen-bond donors (Lipinski definition) is 5. The van der Waals surface area contributed by atoms with E-state index >= 15 is 0 Å². The number of allylic oxidation sites excluding steroid dienone is 4. The molecule has 5 N–H and O–H groups in total. The van der Waals surface area contributed by atoms with Crippen molar-refractivity contribution in [2.75, 3.05) is 0 Å². The molecule has 0 aromatic heterocycles. The Hall–Kier alpha value is -0.821. The SMILES string of the molecule is CC(=O)C=C(C)O.O=C(C=C(O)C(F)(F)F)C(F)(F)F.O=C(O)C(F)(F)F.O=S(=O)(O)C(F)(F)F.O=S(=O)(O)C(F)(F)F.[Cu].[Cu].[Ni].[Ni].[Ni]. The van der Waals surface area contributed by atoms with Gasteiger partial charge >= 0.3 is 55.8 Å². The summed E-state index contributed by atoms with van der Waals surface area (Å²) in [4.78, 5) is 28.8. The Labute approximate surface area is 308 Å². The summed E-state index contributed by atoms with van der Waals surface area (Å²) in [6.45, 7) is 2.85. The zero-order valence-corrected chi connectivity index (χ0v) is 27.8. The third-order valence-electron chi connectivity index (χ3n) is 2.08. The van der Waals surface area contributed by atoms with E-state index in [1.165, 1.54) is 19.9 Å². The van der Waals surface area contributed by atoms with E-state index in [1.807, 2.05) is 0 Å². The van der Waals surface area contributed by atoms with Crippen molar-refractivity contribution in [3.8, 4) is 0 Å². The fourth-order valence-electron chi connectivity index (χ4n) is 0.582. The zero-order valence-electron chi connectivity index (χ0n) is 21.3. The van der Waals surface area contributed by atoms with E-state index < -0.39 is 73.4 Å². The van der Waals surface area contributed by atoms with Crippen LogP contribution in [0.3, 0.4) is 0 Å². The van der Waals surface area contributed by atoms with Crippen molar-refractivity contribution in [2.45, 2.75) is 43.4 Å². The molecule has 0 saturated heterocycles. The van der Waals surface area contributed by atoms with Gasteiger partial charge in [0.2, 0.25) is 5.76 Å². The number of aliphatic hydroxyl groups excluding tert-OH is 2. The van der Waals surface area contributed by atoms with Gasteiger partial charge in [-0.25, -0.2) is 4.79 Å². The molecule has 0 amide bonds. The van der Waals surface area contributed by atoms with E-state index in [0.717, 1.165) is 0 Å². The van der Waals surface area contributed by atoms with Gasteiger partial charge in [-0.05, 0) is 13.8 Å². The molecule has 0 saturated carbocycles. The molecule has 2 radical (unpaired) electrons. The van der Waals surface area contributed by atoms with Crippen LogP contribution in [-0.4, -0.2) is 88.3 Å². The third-order valence-corrected chi connectivity index (χ3v) is 3.25. The molecule has 0 aliphatic rings. The minimum atomic E-state index is -5.84. The molecule has 0 aliphatic heterocycles. The number of carbonyl (C=O) groups excluding carboxylic acids is 2. The second-order valence-electron chi connectivity index (χ2n) is 5.93. The Bertz CT molecular complexity index is 1170. The van der Waals surface area contributed by atoms with Crippen molar-refractivity contribution in [1.82, 2.24) is 0 Å². The maximum absolute atomic E-state index is 11.4. The standard InChI is InChI=1S/C5H2F6O2.C5H8O2.C2HF3O2.2CHF3O3S.2Cu.3Ni/c6-4(7,8)2(12)1-3(13)5(9,10)11;1-4(6)3-5(2)7;3-2(4,5)1(6)7;2*2-1(3,4)8(5,6)7;;;;;/h1,12H;3,6H,1-2H3;(H,6,7);2*(H,5,6,7);;;;;. The monoisotopic (exact) mass is 1020 g/mol. The third kappa shape index (κ3) is 47.3. The number of alkyl halides is 15. The van der Waals surface area contributed by atoms with Gasteiger partial charge in [0.25, 0.3) is 5.78 Å². The maximum Gasteiger partial charge on any atom is 0.522 e. The first-order valence-corrected chi connectivity index (χ1v) is 11.3. The molecule has 0 spiro atoms. The van der Waals surface area contributed by atoms with Gasteiger partial charge in [0.15, 0.2) is 5.78 Å². The first kappa shape index (κ1) is 72.8. The van der Waals surface area contributed by atoms with Gasteiger partial charge in [-0.2, -0.15) is 82.7 Å². The normalized spacial score (nSPS) is 11.9. The van der Waals surface area contributed by atoms with E-state index in [0.29, 0.717) is 0 Å². The summed E-state index contributed by atoms with van der Waals surface area (Å²) < 4.78 is 215. The number of halogens is 15. The number of carboxylic acid groups (broad SMARTS) is 1. The predicted octanol–water partition coefficient (Wildman–Crippen LogP) is 4.57. The Balaban J connectivity index is -0.0000000468. The van der Waals surface area contributed by atoms with E-state index in [9.17, 15) is 75.4 Å². The van der Waals surface area contributed by atoms with Gasteiger partial charge in [-0.3, -0.25) is 18.7 Å². The molecule has 12 nitrogen and oxygen atoms in total. The summed E-state index contributed by atoms with van der Waals surface area (Å²) in [5.41, 5.74) is -11.1. The summed E-state index contributed by atoms with van der Waals surface area (Å²) in [5.74, 6) is -8.16. The van der Waals surface area contributed by atoms with Gasteiger partial charge in [0.1, 0.15) is 0 Å². The second kappa shape index (κ2) is 27.8. The Morgan fingerprint density at radius 3 is 0.792 bits per heavy atom. The zero-order chi connectivity index (χ0) is 36.8. The number of hydrogen-bond acceptors (Lipinski definition) is 9. The molecule has 0 aromatic carbocycles. The van der Waals surface area contributed by atoms with Crippen molar-refractivity contribution in [3.63, 3.8) is 0 Å². The van der Waals surface area contributed by atoms with Crippen molar-refractivity contribution in [3.05, 3.63) is 23.7 Å². The number of carbonyl (C=O) groups is 3. The van der Waals surface area contributed by atoms with Crippen LogP contribution in [0.15, 0.2) is 23.7 Å². The van der Waals surface area contributed by atoms with Crippen LogP contribution in [0.1, 0.15) is 13.8 Å². The molecule has 0 atom stereocenters. The van der Waals surface area contributed by atoms with Crippen molar-refractivity contribution >= 4 is 37.8 Å². The smallest absolute Gasteiger partial charge is 0.512 e. The predicted molar refractivity (Wildman–Crippen MR) is 104 cm³/mol. The topological polar surface area (TPSA) is 221 Å². The number of carboxylic acids is 1. The van der Waals surface area contributed by atoms with Crippen LogP contribution in [0.4, 0.5) is 65.9 Å². The molecule has 0 fully saturated rings. The van der Waals surface area contributed by atoms with Crippen molar-refractivity contribution < 1.29 is 205 Å². The molecule has 0 aliphatic carbocycles. The summed E-state index contributed by atoms with van der Waals surface area (Å²) in [7, 11) is -11.7. The molecule has 0 heterocycles.